The Balaban J connectivity index is 2.25. The van der Waals surface area contributed by atoms with E-state index in [0.717, 1.165) is 22.1 Å². The number of carbonyl (C=O) groups is 1. The Morgan fingerprint density at radius 3 is 2.61 bits per heavy atom. The van der Waals surface area contributed by atoms with Crippen LogP contribution in [0.3, 0.4) is 0 Å². The molecule has 18 heavy (non-hydrogen) atoms. The van der Waals surface area contributed by atoms with Crippen LogP contribution in [-0.2, 0) is 11.2 Å². The third kappa shape index (κ3) is 2.80. The standard InChI is InChI=1S/C15H17NO2/c1-3-16-15(17)9-11-4-5-13-10-14(18-2)7-6-12(13)8-11/h4-8,10H,3,9H2,1-2H3,(H,16,17). The molecule has 3 heteroatoms. The van der Waals surface area contributed by atoms with Gasteiger partial charge < -0.3 is 10.1 Å². The molecule has 0 aliphatic carbocycles. The molecule has 0 heterocycles. The second kappa shape index (κ2) is 5.54. The highest BCUT2D eigenvalue weighted by Gasteiger charge is 2.03. The highest BCUT2D eigenvalue weighted by Crippen LogP contribution is 2.21. The highest BCUT2D eigenvalue weighted by molar-refractivity contribution is 5.86. The fourth-order valence-electron chi connectivity index (χ4n) is 1.96. The van der Waals surface area contributed by atoms with E-state index >= 15 is 0 Å². The van der Waals surface area contributed by atoms with Crippen molar-refractivity contribution in [3.63, 3.8) is 0 Å². The van der Waals surface area contributed by atoms with E-state index in [0.29, 0.717) is 13.0 Å². The monoisotopic (exact) mass is 243 g/mol. The summed E-state index contributed by atoms with van der Waals surface area (Å²) in [4.78, 5) is 11.5. The van der Waals surface area contributed by atoms with Gasteiger partial charge in [0.15, 0.2) is 0 Å². The second-order valence-electron chi connectivity index (χ2n) is 4.18. The van der Waals surface area contributed by atoms with E-state index in [1.807, 2.05) is 43.3 Å². The van der Waals surface area contributed by atoms with Crippen LogP contribution in [0.1, 0.15) is 12.5 Å². The average molecular weight is 243 g/mol. The van der Waals surface area contributed by atoms with Gasteiger partial charge in [0.1, 0.15) is 5.75 Å². The molecule has 0 aliphatic rings. The van der Waals surface area contributed by atoms with Gasteiger partial charge in [-0.05, 0) is 35.4 Å². The lowest BCUT2D eigenvalue weighted by molar-refractivity contribution is -0.120. The molecule has 0 atom stereocenters. The van der Waals surface area contributed by atoms with E-state index in [1.54, 1.807) is 7.11 Å². The van der Waals surface area contributed by atoms with E-state index in [-0.39, 0.29) is 5.91 Å². The summed E-state index contributed by atoms with van der Waals surface area (Å²) in [5, 5.41) is 5.04. The number of fused-ring (bicyclic) bond motifs is 1. The third-order valence-corrected chi connectivity index (χ3v) is 2.85. The summed E-state index contributed by atoms with van der Waals surface area (Å²) in [5.74, 6) is 0.907. The normalized spacial score (nSPS) is 10.3. The average Bonchev–Trinajstić information content (AvgIpc) is 2.38. The Labute approximate surface area is 107 Å². The summed E-state index contributed by atoms with van der Waals surface area (Å²) in [6.45, 7) is 2.59. The van der Waals surface area contributed by atoms with Crippen molar-refractivity contribution in [1.82, 2.24) is 5.32 Å². The van der Waals surface area contributed by atoms with Crippen molar-refractivity contribution in [3.05, 3.63) is 42.0 Å². The molecule has 0 bridgehead atoms. The highest BCUT2D eigenvalue weighted by atomic mass is 16.5. The first-order valence-corrected chi connectivity index (χ1v) is 6.06. The Hall–Kier alpha value is -2.03. The van der Waals surface area contributed by atoms with Gasteiger partial charge in [-0.2, -0.15) is 0 Å². The van der Waals surface area contributed by atoms with Crippen LogP contribution < -0.4 is 10.1 Å². The molecule has 0 saturated carbocycles. The van der Waals surface area contributed by atoms with Gasteiger partial charge in [-0.25, -0.2) is 0 Å². The molecule has 1 amide bonds. The summed E-state index contributed by atoms with van der Waals surface area (Å²) in [7, 11) is 1.66. The summed E-state index contributed by atoms with van der Waals surface area (Å²) < 4.78 is 5.18. The largest absolute Gasteiger partial charge is 0.497 e. The molecule has 2 aromatic carbocycles. The van der Waals surface area contributed by atoms with Crippen molar-refractivity contribution in [3.8, 4) is 5.75 Å². The van der Waals surface area contributed by atoms with Crippen molar-refractivity contribution in [1.29, 1.82) is 0 Å². The lowest BCUT2D eigenvalue weighted by Gasteiger charge is -2.06. The first-order valence-electron chi connectivity index (χ1n) is 6.06. The Bertz CT molecular complexity index is 563. The molecular weight excluding hydrogens is 226 g/mol. The Kier molecular flexibility index (Phi) is 3.82. The van der Waals surface area contributed by atoms with Crippen molar-refractivity contribution >= 4 is 16.7 Å². The Morgan fingerprint density at radius 1 is 1.17 bits per heavy atom. The van der Waals surface area contributed by atoms with Crippen LogP contribution in [0.2, 0.25) is 0 Å². The molecule has 0 aliphatic heterocycles. The van der Waals surface area contributed by atoms with Crippen LogP contribution >= 0.6 is 0 Å². The minimum Gasteiger partial charge on any atom is -0.497 e. The van der Waals surface area contributed by atoms with Gasteiger partial charge in [0.25, 0.3) is 0 Å². The molecule has 0 saturated heterocycles. The number of amides is 1. The van der Waals surface area contributed by atoms with Crippen LogP contribution in [-0.4, -0.2) is 19.6 Å². The van der Waals surface area contributed by atoms with Crippen LogP contribution in [0.4, 0.5) is 0 Å². The summed E-state index contributed by atoms with van der Waals surface area (Å²) in [6.07, 6.45) is 0.426. The lowest BCUT2D eigenvalue weighted by Crippen LogP contribution is -2.24. The van der Waals surface area contributed by atoms with Crippen LogP contribution in [0.25, 0.3) is 10.8 Å². The minimum absolute atomic E-state index is 0.0605. The number of methoxy groups -OCH3 is 1. The number of hydrogen-bond acceptors (Lipinski definition) is 2. The molecule has 2 aromatic rings. The van der Waals surface area contributed by atoms with Gasteiger partial charge in [-0.3, -0.25) is 4.79 Å². The maximum absolute atomic E-state index is 11.5. The van der Waals surface area contributed by atoms with E-state index in [9.17, 15) is 4.79 Å². The van der Waals surface area contributed by atoms with Crippen LogP contribution in [0, 0.1) is 0 Å². The molecule has 3 nitrogen and oxygen atoms in total. The summed E-state index contributed by atoms with van der Waals surface area (Å²) in [5.41, 5.74) is 1.03. The smallest absolute Gasteiger partial charge is 0.224 e. The molecule has 0 unspecified atom stereocenters. The molecule has 94 valence electrons. The van der Waals surface area contributed by atoms with Gasteiger partial charge in [0.2, 0.25) is 5.91 Å². The SMILES string of the molecule is CCNC(=O)Cc1ccc2cc(OC)ccc2c1. The van der Waals surface area contributed by atoms with Crippen molar-refractivity contribution in [2.75, 3.05) is 13.7 Å². The van der Waals surface area contributed by atoms with E-state index < -0.39 is 0 Å². The van der Waals surface area contributed by atoms with E-state index in [4.69, 9.17) is 4.74 Å². The maximum atomic E-state index is 11.5. The number of ether oxygens (including phenoxy) is 1. The fraction of sp³-hybridized carbons (Fsp3) is 0.267. The molecule has 0 radical (unpaired) electrons. The molecule has 1 N–H and O–H groups in total. The number of benzene rings is 2. The molecule has 0 spiro atoms. The molecular formula is C15H17NO2. The van der Waals surface area contributed by atoms with Crippen molar-refractivity contribution in [2.45, 2.75) is 13.3 Å². The summed E-state index contributed by atoms with van der Waals surface area (Å²) >= 11 is 0. The van der Waals surface area contributed by atoms with Gasteiger partial charge >= 0.3 is 0 Å². The van der Waals surface area contributed by atoms with Crippen molar-refractivity contribution in [2.24, 2.45) is 0 Å². The van der Waals surface area contributed by atoms with Gasteiger partial charge in [-0.1, -0.05) is 24.3 Å². The number of carbonyl (C=O) groups excluding carboxylic acids is 1. The predicted molar refractivity (Wildman–Crippen MR) is 72.9 cm³/mol. The van der Waals surface area contributed by atoms with E-state index in [1.165, 1.54) is 0 Å². The zero-order chi connectivity index (χ0) is 13.0. The fourth-order valence-corrected chi connectivity index (χ4v) is 1.96. The Morgan fingerprint density at radius 2 is 1.89 bits per heavy atom. The molecule has 2 rings (SSSR count). The van der Waals surface area contributed by atoms with Gasteiger partial charge in [0, 0.05) is 6.54 Å². The third-order valence-electron chi connectivity index (χ3n) is 2.85. The second-order valence-corrected chi connectivity index (χ2v) is 4.18. The van der Waals surface area contributed by atoms with Gasteiger partial charge in [0.05, 0.1) is 13.5 Å². The van der Waals surface area contributed by atoms with Crippen LogP contribution in [0.5, 0.6) is 5.75 Å². The predicted octanol–water partition coefficient (Wildman–Crippen LogP) is 2.53. The van der Waals surface area contributed by atoms with Crippen LogP contribution in [0.15, 0.2) is 36.4 Å². The van der Waals surface area contributed by atoms with Crippen molar-refractivity contribution < 1.29 is 9.53 Å². The first-order chi connectivity index (χ1) is 8.72. The molecule has 0 fully saturated rings. The number of likely N-dealkylation sites (N-methyl/N-ethyl adjacent to an activating group) is 1. The quantitative estimate of drug-likeness (QED) is 0.896. The van der Waals surface area contributed by atoms with Gasteiger partial charge in [-0.15, -0.1) is 0 Å². The van der Waals surface area contributed by atoms with E-state index in [2.05, 4.69) is 5.32 Å². The number of rotatable bonds is 4. The molecule has 0 aromatic heterocycles. The number of hydrogen-bond donors (Lipinski definition) is 1. The maximum Gasteiger partial charge on any atom is 0.224 e. The first kappa shape index (κ1) is 12.4. The minimum atomic E-state index is 0.0605. The topological polar surface area (TPSA) is 38.3 Å². The zero-order valence-corrected chi connectivity index (χ0v) is 10.7. The number of nitrogens with one attached hydrogen (secondary N) is 1. The zero-order valence-electron chi connectivity index (χ0n) is 10.7. The summed E-state index contributed by atoms with van der Waals surface area (Å²) in [6, 6.07) is 12.0. The lowest BCUT2D eigenvalue weighted by atomic mass is 10.0.